The molecule has 0 aliphatic carbocycles. The van der Waals surface area contributed by atoms with Crippen molar-refractivity contribution in [3.8, 4) is 0 Å². The van der Waals surface area contributed by atoms with Gasteiger partial charge in [0.25, 0.3) is 0 Å². The Hall–Kier alpha value is -1.33. The van der Waals surface area contributed by atoms with Crippen LogP contribution in [0.15, 0.2) is 33.6 Å². The van der Waals surface area contributed by atoms with Gasteiger partial charge in [-0.15, -0.1) is 0 Å². The van der Waals surface area contributed by atoms with E-state index in [2.05, 4.69) is 22.5 Å². The smallest absolute Gasteiger partial charge is 0.207 e. The van der Waals surface area contributed by atoms with E-state index in [9.17, 15) is 4.39 Å². The third kappa shape index (κ3) is 1.78. The van der Waals surface area contributed by atoms with Crippen molar-refractivity contribution < 1.29 is 9.51 Å². The molecule has 4 nitrogen and oxygen atoms in total. The summed E-state index contributed by atoms with van der Waals surface area (Å²) in [6, 6.07) is 4.08. The highest BCUT2D eigenvalue weighted by atomic mass is 35.5. The third-order valence-electron chi connectivity index (χ3n) is 1.62. The molecule has 0 radical (unpaired) electrons. The molecule has 1 N–H and O–H groups in total. The lowest BCUT2D eigenvalue weighted by Crippen LogP contribution is -2.95. The van der Waals surface area contributed by atoms with Gasteiger partial charge in [-0.25, -0.2) is 4.39 Å². The zero-order valence-corrected chi connectivity index (χ0v) is 7.79. The average molecular weight is 213 g/mol. The van der Waals surface area contributed by atoms with Crippen LogP contribution in [0.2, 0.25) is 5.02 Å². The van der Waals surface area contributed by atoms with Crippen LogP contribution in [0, 0.1) is 12.9 Å². The molecule has 0 spiro atoms. The molecule has 72 valence electrons. The van der Waals surface area contributed by atoms with Crippen LogP contribution >= 0.6 is 11.6 Å². The number of hydrogen-bond acceptors (Lipinski definition) is 3. The van der Waals surface area contributed by atoms with Crippen LogP contribution in [0.4, 0.5) is 4.39 Å². The fourth-order valence-corrected chi connectivity index (χ4v) is 1.30. The molecule has 0 fully saturated rings. The number of rotatable bonds is 1. The lowest BCUT2D eigenvalue weighted by molar-refractivity contribution is -0.868. The maximum atomic E-state index is 12.9. The van der Waals surface area contributed by atoms with Crippen LogP contribution in [-0.4, -0.2) is 5.84 Å². The van der Waals surface area contributed by atoms with Crippen LogP contribution in [0.3, 0.4) is 0 Å². The van der Waals surface area contributed by atoms with Crippen molar-refractivity contribution in [2.75, 3.05) is 0 Å². The summed E-state index contributed by atoms with van der Waals surface area (Å²) in [5, 5.41) is 11.8. The van der Waals surface area contributed by atoms with Gasteiger partial charge in [0.05, 0.1) is 0 Å². The van der Waals surface area contributed by atoms with Gasteiger partial charge in [-0.2, -0.15) is 5.12 Å². The molecular weight excluding hydrogens is 207 g/mol. The van der Waals surface area contributed by atoms with E-state index in [1.165, 1.54) is 12.1 Å². The van der Waals surface area contributed by atoms with E-state index in [1.54, 1.807) is 6.07 Å². The minimum atomic E-state index is -0.428. The van der Waals surface area contributed by atoms with Gasteiger partial charge in [0.1, 0.15) is 5.82 Å². The van der Waals surface area contributed by atoms with Gasteiger partial charge < -0.3 is 0 Å². The molecule has 0 saturated carbocycles. The number of halogens is 2. The second kappa shape index (κ2) is 3.43. The fraction of sp³-hybridized carbons (Fsp3) is 0. The molecule has 1 unspecified atom stereocenters. The Kier molecular flexibility index (Phi) is 2.26. The molecule has 6 heteroatoms. The molecule has 1 heterocycles. The molecule has 1 atom stereocenters. The van der Waals surface area contributed by atoms with Crippen molar-refractivity contribution >= 4 is 17.4 Å². The van der Waals surface area contributed by atoms with E-state index in [4.69, 9.17) is 11.6 Å². The van der Waals surface area contributed by atoms with Gasteiger partial charge in [0, 0.05) is 15.8 Å². The van der Waals surface area contributed by atoms with Crippen molar-refractivity contribution in [1.29, 1.82) is 0 Å². The summed E-state index contributed by atoms with van der Waals surface area (Å²) in [6.07, 6.45) is 0. The molecule has 1 aromatic rings. The quantitative estimate of drug-likeness (QED) is 0.680. The topological polar surface area (TPSA) is 41.5 Å². The summed E-state index contributed by atoms with van der Waals surface area (Å²) in [5.74, 6) is -0.0979. The maximum Gasteiger partial charge on any atom is 0.241 e. The van der Waals surface area contributed by atoms with Crippen LogP contribution in [0.5, 0.6) is 0 Å². The summed E-state index contributed by atoms with van der Waals surface area (Å²) < 4.78 is 12.9. The molecule has 1 aromatic carbocycles. The number of nitrogens with zero attached hydrogens (tertiary/aromatic N) is 3. The van der Waals surface area contributed by atoms with Gasteiger partial charge >= 0.3 is 0 Å². The minimum absolute atomic E-state index is 0.301. The fourth-order valence-electron chi connectivity index (χ4n) is 1.08. The van der Waals surface area contributed by atoms with Crippen LogP contribution in [0.25, 0.3) is 0 Å². The van der Waals surface area contributed by atoms with Crippen LogP contribution in [-0.2, 0) is 0 Å². The monoisotopic (exact) mass is 212 g/mol. The lowest BCUT2D eigenvalue weighted by Gasteiger charge is -1.97. The number of benzene rings is 1. The van der Waals surface area contributed by atoms with Crippen molar-refractivity contribution in [3.05, 3.63) is 41.7 Å². The normalized spacial score (nSPS) is 19.9. The molecule has 0 bridgehead atoms. The second-order valence-corrected chi connectivity index (χ2v) is 3.15. The SMILES string of the molecule is [CH2-][NH+]1N=NC(c2cc(F)cc(Cl)c2)=N1. The third-order valence-corrected chi connectivity index (χ3v) is 1.83. The minimum Gasteiger partial charge on any atom is -0.207 e. The average Bonchev–Trinajstić information content (AvgIpc) is 2.50. The molecule has 0 saturated heterocycles. The molecule has 1 aliphatic rings. The highest BCUT2D eigenvalue weighted by Gasteiger charge is 2.13. The first kappa shape index (κ1) is 9.23. The summed E-state index contributed by atoms with van der Waals surface area (Å²) >= 11 is 5.68. The molecule has 0 amide bonds. The maximum absolute atomic E-state index is 12.9. The van der Waals surface area contributed by atoms with Gasteiger partial charge in [-0.1, -0.05) is 28.9 Å². The zero-order valence-electron chi connectivity index (χ0n) is 7.04. The Balaban J connectivity index is 2.42. The highest BCUT2D eigenvalue weighted by Crippen LogP contribution is 2.15. The molecule has 14 heavy (non-hydrogen) atoms. The predicted octanol–water partition coefficient (Wildman–Crippen LogP) is 1.20. The summed E-state index contributed by atoms with van der Waals surface area (Å²) in [7, 11) is 3.50. The number of nitrogens with one attached hydrogen (secondary N) is 1. The second-order valence-electron chi connectivity index (χ2n) is 2.71. The summed E-state index contributed by atoms with van der Waals surface area (Å²) in [5.41, 5.74) is 0.498. The molecule has 0 aromatic heterocycles. The van der Waals surface area contributed by atoms with Gasteiger partial charge in [-0.3, -0.25) is 0 Å². The zero-order chi connectivity index (χ0) is 10.1. The van der Waals surface area contributed by atoms with E-state index >= 15 is 0 Å². The summed E-state index contributed by atoms with van der Waals surface area (Å²) in [4.78, 5) is 0. The standard InChI is InChI=1S/C8H6ClFN4/c1-14-12-8(11-13-14)5-2-6(9)4-7(10)3-5/h2-4,14H,1H2. The highest BCUT2D eigenvalue weighted by molar-refractivity contribution is 6.31. The van der Waals surface area contributed by atoms with Crippen molar-refractivity contribution in [1.82, 2.24) is 0 Å². The van der Waals surface area contributed by atoms with Crippen molar-refractivity contribution in [2.45, 2.75) is 0 Å². The van der Waals surface area contributed by atoms with Crippen molar-refractivity contribution in [2.24, 2.45) is 15.4 Å². The van der Waals surface area contributed by atoms with Crippen LogP contribution < -0.4 is 5.12 Å². The van der Waals surface area contributed by atoms with Gasteiger partial charge in [-0.05, 0) is 18.2 Å². The van der Waals surface area contributed by atoms with Crippen molar-refractivity contribution in [3.63, 3.8) is 0 Å². The Labute approximate surface area is 84.7 Å². The van der Waals surface area contributed by atoms with E-state index in [1.807, 2.05) is 0 Å². The first-order chi connectivity index (χ1) is 6.65. The van der Waals surface area contributed by atoms with Gasteiger partial charge in [0.15, 0.2) is 0 Å². The number of amidine groups is 1. The Morgan fingerprint density at radius 3 is 2.71 bits per heavy atom. The number of quaternary nitrogens is 1. The molecular formula is C8H6ClFN4. The van der Waals surface area contributed by atoms with E-state index in [-0.39, 0.29) is 0 Å². The first-order valence-electron chi connectivity index (χ1n) is 3.81. The predicted molar refractivity (Wildman–Crippen MR) is 49.1 cm³/mol. The lowest BCUT2D eigenvalue weighted by atomic mass is 10.2. The summed E-state index contributed by atoms with van der Waals surface area (Å²) in [6.45, 7) is 0. The van der Waals surface area contributed by atoms with Crippen LogP contribution in [0.1, 0.15) is 5.56 Å². The Bertz CT molecular complexity index is 409. The molecule has 2 rings (SSSR count). The largest absolute Gasteiger partial charge is 0.241 e. The Morgan fingerprint density at radius 2 is 2.14 bits per heavy atom. The number of hydrogen-bond donors (Lipinski definition) is 1. The first-order valence-corrected chi connectivity index (χ1v) is 4.19. The van der Waals surface area contributed by atoms with E-state index < -0.39 is 5.82 Å². The molecule has 1 aliphatic heterocycles. The van der Waals surface area contributed by atoms with E-state index in [0.29, 0.717) is 21.5 Å². The van der Waals surface area contributed by atoms with Gasteiger partial charge in [0.2, 0.25) is 5.84 Å². The van der Waals surface area contributed by atoms with E-state index in [0.717, 1.165) is 0 Å². The Morgan fingerprint density at radius 1 is 1.36 bits per heavy atom.